The van der Waals surface area contributed by atoms with Crippen LogP contribution in [0.3, 0.4) is 0 Å². The summed E-state index contributed by atoms with van der Waals surface area (Å²) in [6.07, 6.45) is 16.5. The van der Waals surface area contributed by atoms with Crippen LogP contribution in [0.25, 0.3) is 6.08 Å². The number of allylic oxidation sites excluding steroid dienone is 4. The molecule has 1 aromatic carbocycles. The standard InChI is InChI=1S/C12H16.C10H18O2.C9H16O2.C7H12O.C7H16.C6H10O.C6H14.C6H12.C5H10/c1-4-11-5-7-12(8-6-11)9-10(2)3;1-7(2)6-9(5)12-10(11)8(3)4;1-5-9(10)11-8(4)6-7(2)3;1-5(2)7(8)6(3)4;1-6(2)5-7(3)4;1-4-6(7)5(2)3;2*1-4-5-6(2)3;1-4-5(2)3/h4-8,10H,1,9H2,2-3H3;7,9H,3,6H2,1-2,4-5H3;5,7-8H,1,6H2,2-4H3;6H,1H2,2-4H3;6-7H,5H2,1-4H3;4-5H,1H2,2-3H3;6H,4-5H2,1-3H3;4,6H,1,5H2,2-3H3;4-5H,1H2,2-3H3. The number of benzene rings is 1. The molecule has 0 bridgehead atoms. The van der Waals surface area contributed by atoms with Gasteiger partial charge in [0.15, 0.2) is 11.6 Å². The highest BCUT2D eigenvalue weighted by molar-refractivity contribution is 5.95. The van der Waals surface area contributed by atoms with E-state index in [0.717, 1.165) is 55.3 Å². The highest BCUT2D eigenvalue weighted by atomic mass is 16.5. The maximum Gasteiger partial charge on any atom is 0.333 e. The summed E-state index contributed by atoms with van der Waals surface area (Å²) in [4.78, 5) is 42.8. The summed E-state index contributed by atoms with van der Waals surface area (Å²) in [5, 5.41) is 0. The van der Waals surface area contributed by atoms with Gasteiger partial charge < -0.3 is 9.47 Å². The third-order valence-corrected chi connectivity index (χ3v) is 9.24. The summed E-state index contributed by atoms with van der Waals surface area (Å²) in [6, 6.07) is 8.59. The molecule has 0 saturated heterocycles. The summed E-state index contributed by atoms with van der Waals surface area (Å²) in [5.74, 6) is 5.78. The van der Waals surface area contributed by atoms with Crippen molar-refractivity contribution in [2.75, 3.05) is 0 Å². The van der Waals surface area contributed by atoms with Crippen LogP contribution in [0, 0.1) is 59.2 Å². The van der Waals surface area contributed by atoms with Crippen LogP contribution in [-0.4, -0.2) is 35.7 Å². The van der Waals surface area contributed by atoms with Gasteiger partial charge in [0.05, 0.1) is 12.2 Å². The van der Waals surface area contributed by atoms with Crippen molar-refractivity contribution in [2.45, 2.75) is 230 Å². The number of carbonyl (C=O) groups excluding carboxylic acids is 4. The van der Waals surface area contributed by atoms with Crippen LogP contribution in [0.2, 0.25) is 0 Å². The smallest absolute Gasteiger partial charge is 0.333 e. The fourth-order valence-corrected chi connectivity index (χ4v) is 5.80. The van der Waals surface area contributed by atoms with Crippen molar-refractivity contribution >= 4 is 29.6 Å². The van der Waals surface area contributed by atoms with E-state index in [0.29, 0.717) is 28.9 Å². The van der Waals surface area contributed by atoms with E-state index in [4.69, 9.17) is 9.47 Å². The average molecular weight is 1040 g/mol. The van der Waals surface area contributed by atoms with E-state index in [1.807, 2.05) is 59.8 Å². The molecule has 0 aromatic heterocycles. The normalized spacial score (nSPS) is 10.7. The number of ether oxygens (including phenoxy) is 2. The predicted molar refractivity (Wildman–Crippen MR) is 334 cm³/mol. The lowest BCUT2D eigenvalue weighted by Crippen LogP contribution is -2.16. The quantitative estimate of drug-likeness (QED) is 0.0653. The van der Waals surface area contributed by atoms with Gasteiger partial charge in [-0.2, -0.15) is 0 Å². The minimum atomic E-state index is -0.335. The second-order valence-electron chi connectivity index (χ2n) is 22.9. The lowest BCUT2D eigenvalue weighted by molar-refractivity contribution is -0.144. The summed E-state index contributed by atoms with van der Waals surface area (Å²) in [5.41, 5.74) is 3.73. The molecule has 0 amide bonds. The Balaban J connectivity index is -0.000000112. The number of ketones is 2. The zero-order valence-electron chi connectivity index (χ0n) is 53.5. The molecule has 0 aliphatic heterocycles. The first-order valence-electron chi connectivity index (χ1n) is 27.9. The van der Waals surface area contributed by atoms with Crippen LogP contribution < -0.4 is 0 Å². The molecule has 0 N–H and O–H groups in total. The molecule has 0 fully saturated rings. The molecule has 432 valence electrons. The summed E-state index contributed by atoms with van der Waals surface area (Å²) >= 11 is 0. The third-order valence-electron chi connectivity index (χ3n) is 9.24. The maximum atomic E-state index is 11.0. The van der Waals surface area contributed by atoms with E-state index < -0.39 is 0 Å². The van der Waals surface area contributed by atoms with Gasteiger partial charge in [0.1, 0.15) is 0 Å². The number of carbonyl (C=O) groups is 4. The Bertz CT molecular complexity index is 1560. The van der Waals surface area contributed by atoms with E-state index in [1.54, 1.807) is 13.8 Å². The van der Waals surface area contributed by atoms with Crippen LogP contribution in [0.5, 0.6) is 0 Å². The van der Waals surface area contributed by atoms with E-state index in [2.05, 4.69) is 188 Å². The monoisotopic (exact) mass is 1040 g/mol. The number of rotatable bonds is 22. The molecule has 74 heavy (non-hydrogen) atoms. The van der Waals surface area contributed by atoms with Crippen molar-refractivity contribution in [3.05, 3.63) is 117 Å². The molecule has 1 aromatic rings. The van der Waals surface area contributed by atoms with Gasteiger partial charge in [0.2, 0.25) is 0 Å². The van der Waals surface area contributed by atoms with Gasteiger partial charge in [-0.15, -0.1) is 13.2 Å². The van der Waals surface area contributed by atoms with Crippen molar-refractivity contribution in [1.82, 2.24) is 0 Å². The molecule has 6 nitrogen and oxygen atoms in total. The van der Waals surface area contributed by atoms with Crippen LogP contribution in [0.1, 0.15) is 223 Å². The van der Waals surface area contributed by atoms with Gasteiger partial charge in [0.25, 0.3) is 0 Å². The maximum absolute atomic E-state index is 11.0. The minimum absolute atomic E-state index is 0.000463. The van der Waals surface area contributed by atoms with Gasteiger partial charge in [-0.3, -0.25) is 9.59 Å². The molecular weight excluding hydrogens is 913 g/mol. The third kappa shape index (κ3) is 84.5. The Hall–Kier alpha value is -4.32. The van der Waals surface area contributed by atoms with E-state index >= 15 is 0 Å². The fraction of sp³-hybridized carbons (Fsp3) is 0.647. The van der Waals surface area contributed by atoms with Gasteiger partial charge in [-0.25, -0.2) is 9.59 Å². The molecule has 1 rings (SSSR count). The molecule has 2 unspecified atom stereocenters. The molecule has 0 radical (unpaired) electrons. The molecule has 6 heteroatoms. The van der Waals surface area contributed by atoms with Crippen molar-refractivity contribution in [3.63, 3.8) is 0 Å². The fourth-order valence-electron chi connectivity index (χ4n) is 5.80. The van der Waals surface area contributed by atoms with Gasteiger partial charge in [0, 0.05) is 23.5 Å². The second-order valence-corrected chi connectivity index (χ2v) is 22.9. The Morgan fingerprint density at radius 2 is 0.919 bits per heavy atom. The SMILES string of the molecule is C=C(C)C(=O)C(C)C.C=C(C)C(=O)OC(C)CC(C)C.C=CC(=O)C(C)C.C=CC(=O)OC(C)CC(C)C.C=CC(C)C.C=CCC(C)C.C=Cc1ccc(CC(C)C)cc1.CC(C)CC(C)C.CCCC(C)C. The van der Waals surface area contributed by atoms with E-state index in [9.17, 15) is 19.2 Å². The van der Waals surface area contributed by atoms with Crippen LogP contribution in [0.4, 0.5) is 0 Å². The number of esters is 2. The van der Waals surface area contributed by atoms with E-state index in [1.165, 1.54) is 42.5 Å². The molecule has 0 spiro atoms. The molecule has 0 saturated carbocycles. The van der Waals surface area contributed by atoms with Crippen molar-refractivity contribution in [1.29, 1.82) is 0 Å². The van der Waals surface area contributed by atoms with Crippen molar-refractivity contribution in [3.8, 4) is 0 Å². The highest BCUT2D eigenvalue weighted by Crippen LogP contribution is 2.12. The zero-order chi connectivity index (χ0) is 60.3. The molecule has 0 aliphatic rings. The van der Waals surface area contributed by atoms with Gasteiger partial charge in [-0.05, 0) is 130 Å². The predicted octanol–water partition coefficient (Wildman–Crippen LogP) is 20.6. The first-order chi connectivity index (χ1) is 33.9. The summed E-state index contributed by atoms with van der Waals surface area (Å²) < 4.78 is 10.0. The number of hydrogen-bond acceptors (Lipinski definition) is 6. The minimum Gasteiger partial charge on any atom is -0.460 e. The highest BCUT2D eigenvalue weighted by Gasteiger charge is 2.11. The molecule has 0 aliphatic carbocycles. The molecule has 0 heterocycles. The summed E-state index contributed by atoms with van der Waals surface area (Å²) in [6.45, 7) is 76.4. The number of hydrogen-bond donors (Lipinski definition) is 0. The molecule has 2 atom stereocenters. The first kappa shape index (κ1) is 86.4. The Morgan fingerprint density at radius 3 is 1.08 bits per heavy atom. The van der Waals surface area contributed by atoms with E-state index in [-0.39, 0.29) is 47.5 Å². The van der Waals surface area contributed by atoms with Crippen LogP contribution in [-0.2, 0) is 35.1 Å². The first-order valence-corrected chi connectivity index (χ1v) is 27.9. The average Bonchev–Trinajstić information content (AvgIpc) is 3.26. The van der Waals surface area contributed by atoms with Crippen molar-refractivity contribution in [2.24, 2.45) is 59.2 Å². The Morgan fingerprint density at radius 1 is 0.514 bits per heavy atom. The molecular formula is C68H124O6. The van der Waals surface area contributed by atoms with Gasteiger partial charge in [-0.1, -0.05) is 234 Å². The topological polar surface area (TPSA) is 86.7 Å². The van der Waals surface area contributed by atoms with Crippen molar-refractivity contribution < 1.29 is 28.7 Å². The Kier molecular flexibility index (Phi) is 67.7. The summed E-state index contributed by atoms with van der Waals surface area (Å²) in [7, 11) is 0. The van der Waals surface area contributed by atoms with Crippen LogP contribution in [0.15, 0.2) is 106 Å². The zero-order valence-corrected chi connectivity index (χ0v) is 53.5. The van der Waals surface area contributed by atoms with Gasteiger partial charge >= 0.3 is 11.9 Å². The second kappa shape index (κ2) is 57.9. The number of Topliss-reactive ketones (excluding diaryl/α,β-unsaturated/α-hetero) is 1. The Labute approximate surface area is 462 Å². The lowest BCUT2D eigenvalue weighted by atomic mass is 10.0. The lowest BCUT2D eigenvalue weighted by Gasteiger charge is -2.14. The largest absolute Gasteiger partial charge is 0.460 e. The van der Waals surface area contributed by atoms with Crippen LogP contribution >= 0.6 is 0 Å².